The molecular weight excluding hydrogens is 687 g/mol. The van der Waals surface area contributed by atoms with E-state index in [0.717, 1.165) is 27.8 Å². The molecule has 0 aliphatic heterocycles. The molecule has 6 aromatic rings. The fourth-order valence-corrected chi connectivity index (χ4v) is 7.92. The van der Waals surface area contributed by atoms with Crippen molar-refractivity contribution in [1.29, 1.82) is 10.8 Å². The van der Waals surface area contributed by atoms with Crippen LogP contribution in [0.2, 0.25) is 0 Å². The van der Waals surface area contributed by atoms with Crippen molar-refractivity contribution in [2.24, 2.45) is 10.3 Å². The summed E-state index contributed by atoms with van der Waals surface area (Å²) in [5, 5.41) is 53.7. The van der Waals surface area contributed by atoms with Crippen LogP contribution in [-0.4, -0.2) is 43.6 Å². The summed E-state index contributed by atoms with van der Waals surface area (Å²) in [6, 6.07) is 36.7. The minimum absolute atomic E-state index is 0.0201. The highest BCUT2D eigenvalue weighted by Crippen LogP contribution is 2.49. The maximum atomic E-state index is 10.4. The molecule has 5 aromatic carbocycles. The van der Waals surface area contributed by atoms with Gasteiger partial charge < -0.3 is 15.3 Å². The molecule has 9 rings (SSSR count). The van der Waals surface area contributed by atoms with E-state index in [1.807, 2.05) is 54.6 Å². The maximum absolute atomic E-state index is 10.4. The molecule has 55 heavy (non-hydrogen) atoms. The fourth-order valence-electron chi connectivity index (χ4n) is 7.92. The molecular formula is C45H33N7O3. The number of rotatable bonds is 6. The van der Waals surface area contributed by atoms with Gasteiger partial charge in [-0.15, -0.1) is 0 Å². The average molecular weight is 720 g/mol. The molecule has 0 atom stereocenters. The summed E-state index contributed by atoms with van der Waals surface area (Å²) in [7, 11) is 0. The first-order chi connectivity index (χ1) is 26.8. The van der Waals surface area contributed by atoms with Gasteiger partial charge in [0.25, 0.3) is 0 Å². The second-order valence-electron chi connectivity index (χ2n) is 14.0. The lowest BCUT2D eigenvalue weighted by molar-refractivity contribution is 0.315. The van der Waals surface area contributed by atoms with Crippen LogP contribution in [0.4, 0.5) is 5.69 Å². The first-order valence-electron chi connectivity index (χ1n) is 17.7. The highest BCUT2D eigenvalue weighted by molar-refractivity contribution is 6.63. The average Bonchev–Trinajstić information content (AvgIpc) is 3.80. The summed E-state index contributed by atoms with van der Waals surface area (Å²) in [5.74, 6) is 0. The van der Waals surface area contributed by atoms with E-state index in [2.05, 4.69) is 89.1 Å². The molecule has 1 heterocycles. The van der Waals surface area contributed by atoms with Crippen molar-refractivity contribution in [2.45, 2.75) is 19.3 Å². The Morgan fingerprint density at radius 3 is 2.11 bits per heavy atom. The van der Waals surface area contributed by atoms with E-state index in [1.54, 1.807) is 29.2 Å². The topological polar surface area (TPSA) is 155 Å². The highest BCUT2D eigenvalue weighted by Gasteiger charge is 2.36. The maximum Gasteiger partial charge on any atom is 0.159 e. The van der Waals surface area contributed by atoms with Crippen LogP contribution in [0, 0.1) is 10.8 Å². The lowest BCUT2D eigenvalue weighted by Gasteiger charge is -2.32. The smallest absolute Gasteiger partial charge is 0.159 e. The SMILES string of the molecule is CC1(C)c2ccccc2-c2cc(-c3ccc(-c4ccc(N(C5=CC=C/C(=N/O)C5=N)C5=CC=C(c6ccccc6)C(=N)/C5=N\O)c5nonc45)cc3)ccc21. The molecule has 10 heteroatoms. The van der Waals surface area contributed by atoms with Gasteiger partial charge in [-0.1, -0.05) is 121 Å². The van der Waals surface area contributed by atoms with Crippen molar-refractivity contribution in [3.8, 4) is 33.4 Å². The summed E-state index contributed by atoms with van der Waals surface area (Å²) in [6.07, 6.45) is 8.34. The summed E-state index contributed by atoms with van der Waals surface area (Å²) in [6.45, 7) is 4.55. The normalized spacial score (nSPS) is 17.2. The quantitative estimate of drug-likeness (QED) is 0.0763. The largest absolute Gasteiger partial charge is 0.410 e. The molecule has 1 aromatic heterocycles. The van der Waals surface area contributed by atoms with Crippen molar-refractivity contribution in [2.75, 3.05) is 4.90 Å². The summed E-state index contributed by atoms with van der Waals surface area (Å²) in [5.41, 5.74) is 12.1. The van der Waals surface area contributed by atoms with Gasteiger partial charge in [-0.25, -0.2) is 4.63 Å². The summed E-state index contributed by atoms with van der Waals surface area (Å²) >= 11 is 0. The van der Waals surface area contributed by atoms with Gasteiger partial charge in [-0.2, -0.15) is 0 Å². The Labute approximate surface area is 316 Å². The molecule has 10 nitrogen and oxygen atoms in total. The molecule has 4 N–H and O–H groups in total. The van der Waals surface area contributed by atoms with Crippen LogP contribution in [0.3, 0.4) is 0 Å². The number of fused-ring (bicyclic) bond motifs is 4. The molecule has 0 bridgehead atoms. The van der Waals surface area contributed by atoms with Crippen molar-refractivity contribution in [3.05, 3.63) is 168 Å². The number of hydrogen-bond donors (Lipinski definition) is 4. The zero-order chi connectivity index (χ0) is 37.8. The Hall–Kier alpha value is -7.46. The van der Waals surface area contributed by atoms with Gasteiger partial charge in [-0.05, 0) is 97.3 Å². The van der Waals surface area contributed by atoms with E-state index in [9.17, 15) is 10.4 Å². The lowest BCUT2D eigenvalue weighted by Crippen LogP contribution is -2.37. The van der Waals surface area contributed by atoms with Crippen molar-refractivity contribution >= 4 is 45.1 Å². The minimum atomic E-state index is -0.101. The van der Waals surface area contributed by atoms with E-state index in [4.69, 9.17) is 15.4 Å². The van der Waals surface area contributed by atoms with E-state index < -0.39 is 0 Å². The van der Waals surface area contributed by atoms with Crippen LogP contribution < -0.4 is 4.90 Å². The van der Waals surface area contributed by atoms with Crippen LogP contribution in [0.5, 0.6) is 0 Å². The predicted octanol–water partition coefficient (Wildman–Crippen LogP) is 9.80. The van der Waals surface area contributed by atoms with Gasteiger partial charge in [0.1, 0.15) is 16.9 Å². The van der Waals surface area contributed by atoms with Crippen LogP contribution in [0.15, 0.2) is 166 Å². The number of benzene rings is 5. The molecule has 0 amide bonds. The second-order valence-corrected chi connectivity index (χ2v) is 14.0. The number of nitrogens with one attached hydrogen (secondary N) is 2. The zero-order valence-electron chi connectivity index (χ0n) is 29.8. The Balaban J connectivity index is 1.13. The van der Waals surface area contributed by atoms with Crippen molar-refractivity contribution in [3.63, 3.8) is 0 Å². The summed E-state index contributed by atoms with van der Waals surface area (Å²) in [4.78, 5) is 1.64. The number of nitrogens with zero attached hydrogens (tertiary/aromatic N) is 5. The zero-order valence-corrected chi connectivity index (χ0v) is 29.8. The predicted molar refractivity (Wildman–Crippen MR) is 216 cm³/mol. The third-order valence-corrected chi connectivity index (χ3v) is 10.7. The lowest BCUT2D eigenvalue weighted by atomic mass is 9.82. The second kappa shape index (κ2) is 12.9. The molecule has 0 unspecified atom stereocenters. The standard InChI is InChI=1S/C45H33N7O3/c1-45(2)34-12-7-6-11-32(34)33-25-29(19-22-35(33)45)26-15-17-28(18-16-26)31-21-24-39(44-42(31)50-55-51-44)52(37-14-8-13-36(48-53)41(37)47)38-23-20-30(40(46)43(38)49-54)27-9-4-3-5-10-27/h3-25,46-47,53-54H,1-2H3/b46-40?,47-41?,48-36-,49-43-. The molecule has 0 spiro atoms. The van der Waals surface area contributed by atoms with E-state index >= 15 is 0 Å². The number of allylic oxidation sites excluding steroid dienone is 8. The Morgan fingerprint density at radius 1 is 0.618 bits per heavy atom. The van der Waals surface area contributed by atoms with Crippen molar-refractivity contribution < 1.29 is 15.0 Å². The Morgan fingerprint density at radius 2 is 1.33 bits per heavy atom. The Bertz CT molecular complexity index is 2780. The van der Waals surface area contributed by atoms with Crippen molar-refractivity contribution in [1.82, 2.24) is 10.3 Å². The van der Waals surface area contributed by atoms with E-state index in [1.165, 1.54) is 28.3 Å². The van der Waals surface area contributed by atoms with Crippen LogP contribution in [0.1, 0.15) is 30.5 Å². The monoisotopic (exact) mass is 719 g/mol. The Kier molecular flexibility index (Phi) is 7.82. The third-order valence-electron chi connectivity index (χ3n) is 10.7. The fraction of sp³-hybridized carbons (Fsp3) is 0.0667. The van der Waals surface area contributed by atoms with Crippen LogP contribution in [-0.2, 0) is 5.41 Å². The van der Waals surface area contributed by atoms with E-state index in [0.29, 0.717) is 22.3 Å². The first-order valence-corrected chi connectivity index (χ1v) is 17.7. The molecule has 0 saturated carbocycles. The summed E-state index contributed by atoms with van der Waals surface area (Å²) < 4.78 is 5.36. The molecule has 0 saturated heterocycles. The van der Waals surface area contributed by atoms with Gasteiger partial charge >= 0.3 is 0 Å². The first kappa shape index (κ1) is 33.4. The molecule has 3 aliphatic carbocycles. The van der Waals surface area contributed by atoms with Gasteiger partial charge in [0.15, 0.2) is 11.2 Å². The van der Waals surface area contributed by atoms with Crippen LogP contribution >= 0.6 is 0 Å². The minimum Gasteiger partial charge on any atom is -0.410 e. The molecule has 3 aliphatic rings. The molecule has 266 valence electrons. The number of hydrogen-bond acceptors (Lipinski definition) is 10. The van der Waals surface area contributed by atoms with Gasteiger partial charge in [0, 0.05) is 16.6 Å². The molecule has 0 radical (unpaired) electrons. The third kappa shape index (κ3) is 5.26. The number of anilines is 1. The highest BCUT2D eigenvalue weighted by atomic mass is 16.6. The van der Waals surface area contributed by atoms with Gasteiger partial charge in [0.2, 0.25) is 0 Å². The number of oxime groups is 2. The van der Waals surface area contributed by atoms with Crippen LogP contribution in [0.25, 0.3) is 50.0 Å². The van der Waals surface area contributed by atoms with Gasteiger partial charge in [-0.3, -0.25) is 10.8 Å². The molecule has 0 fully saturated rings. The van der Waals surface area contributed by atoms with Gasteiger partial charge in [0.05, 0.1) is 22.8 Å². The van der Waals surface area contributed by atoms with E-state index in [-0.39, 0.29) is 39.7 Å². The number of aromatic nitrogens is 2.